The van der Waals surface area contributed by atoms with Crippen LogP contribution in [0.5, 0.6) is 11.5 Å². The largest absolute Gasteiger partial charge is 0.507 e. The molecule has 116 valence electrons. The summed E-state index contributed by atoms with van der Waals surface area (Å²) in [6.45, 7) is 7.14. The van der Waals surface area contributed by atoms with Crippen molar-refractivity contribution in [1.29, 1.82) is 0 Å². The topological polar surface area (TPSA) is 61.8 Å². The van der Waals surface area contributed by atoms with Gasteiger partial charge in [-0.1, -0.05) is 0 Å². The van der Waals surface area contributed by atoms with Crippen LogP contribution in [-0.4, -0.2) is 48.7 Å². The molecule has 1 amide bonds. The number of carbonyl (C=O) groups is 1. The average Bonchev–Trinajstić information content (AvgIpc) is 2.93. The predicted octanol–water partition coefficient (Wildman–Crippen LogP) is 1.86. The molecule has 2 N–H and O–H groups in total. The van der Waals surface area contributed by atoms with E-state index < -0.39 is 0 Å². The summed E-state index contributed by atoms with van der Waals surface area (Å²) in [7, 11) is 1.52. The van der Waals surface area contributed by atoms with E-state index in [1.54, 1.807) is 12.1 Å². The molecule has 2 rings (SSSR count). The third-order valence-electron chi connectivity index (χ3n) is 4.05. The highest BCUT2D eigenvalue weighted by atomic mass is 16.5. The highest BCUT2D eigenvalue weighted by Gasteiger charge is 2.24. The first-order valence-electron chi connectivity index (χ1n) is 7.40. The molecule has 0 aromatic heterocycles. The van der Waals surface area contributed by atoms with E-state index in [9.17, 15) is 9.90 Å². The summed E-state index contributed by atoms with van der Waals surface area (Å²) in [5.41, 5.74) is 0.287. The smallest absolute Gasteiger partial charge is 0.255 e. The number of likely N-dealkylation sites (tertiary alicyclic amines) is 1. The lowest BCUT2D eigenvalue weighted by Crippen LogP contribution is -2.33. The number of phenolic OH excluding ortho intramolecular Hbond substituents is 1. The lowest BCUT2D eigenvalue weighted by molar-refractivity contribution is 0.0944. The molecule has 0 spiro atoms. The van der Waals surface area contributed by atoms with Crippen LogP contribution < -0.4 is 10.1 Å². The zero-order valence-corrected chi connectivity index (χ0v) is 12.9. The SMILES string of the molecule is COc1ccc(C(=O)NCC2CCN(C(C)C)C2)c(O)c1. The number of phenols is 1. The molecule has 1 aromatic carbocycles. The molecule has 1 unspecified atom stereocenters. The number of nitrogens with zero attached hydrogens (tertiary/aromatic N) is 1. The average molecular weight is 292 g/mol. The third kappa shape index (κ3) is 3.88. The Morgan fingerprint density at radius 2 is 2.29 bits per heavy atom. The van der Waals surface area contributed by atoms with Crippen LogP contribution in [0.3, 0.4) is 0 Å². The Morgan fingerprint density at radius 1 is 1.52 bits per heavy atom. The van der Waals surface area contributed by atoms with E-state index >= 15 is 0 Å². The molecule has 5 nitrogen and oxygen atoms in total. The Morgan fingerprint density at radius 3 is 2.86 bits per heavy atom. The summed E-state index contributed by atoms with van der Waals surface area (Å²) in [5, 5.41) is 12.8. The molecular weight excluding hydrogens is 268 g/mol. The van der Waals surface area contributed by atoms with Gasteiger partial charge in [0, 0.05) is 25.2 Å². The van der Waals surface area contributed by atoms with Crippen LogP contribution >= 0.6 is 0 Å². The summed E-state index contributed by atoms with van der Waals surface area (Å²) in [6.07, 6.45) is 1.10. The number of aromatic hydroxyl groups is 1. The molecule has 21 heavy (non-hydrogen) atoms. The van der Waals surface area contributed by atoms with Gasteiger partial charge < -0.3 is 20.1 Å². The molecule has 0 saturated carbocycles. The number of rotatable bonds is 5. The Balaban J connectivity index is 1.88. The quantitative estimate of drug-likeness (QED) is 0.869. The second-order valence-electron chi connectivity index (χ2n) is 5.84. The van der Waals surface area contributed by atoms with Crippen molar-refractivity contribution in [3.8, 4) is 11.5 Å². The molecule has 0 radical (unpaired) electrons. The van der Waals surface area contributed by atoms with Crippen LogP contribution in [-0.2, 0) is 0 Å². The number of hydrogen-bond acceptors (Lipinski definition) is 4. The zero-order chi connectivity index (χ0) is 15.4. The van der Waals surface area contributed by atoms with Gasteiger partial charge in [-0.05, 0) is 44.9 Å². The first kappa shape index (κ1) is 15.6. The van der Waals surface area contributed by atoms with Gasteiger partial charge in [0.25, 0.3) is 5.91 Å². The fourth-order valence-corrected chi connectivity index (χ4v) is 2.66. The van der Waals surface area contributed by atoms with Crippen molar-refractivity contribution in [3.05, 3.63) is 23.8 Å². The van der Waals surface area contributed by atoms with Crippen molar-refractivity contribution in [2.75, 3.05) is 26.7 Å². The zero-order valence-electron chi connectivity index (χ0n) is 12.9. The second kappa shape index (κ2) is 6.80. The molecule has 1 fully saturated rings. The third-order valence-corrected chi connectivity index (χ3v) is 4.05. The minimum atomic E-state index is -0.238. The van der Waals surface area contributed by atoms with Gasteiger partial charge in [-0.25, -0.2) is 0 Å². The van der Waals surface area contributed by atoms with Crippen LogP contribution in [0.4, 0.5) is 0 Å². The van der Waals surface area contributed by atoms with Gasteiger partial charge in [0.1, 0.15) is 11.5 Å². The summed E-state index contributed by atoms with van der Waals surface area (Å²) in [5.74, 6) is 0.726. The van der Waals surface area contributed by atoms with Gasteiger partial charge in [0.2, 0.25) is 0 Å². The molecule has 1 heterocycles. The Bertz CT molecular complexity index is 502. The van der Waals surface area contributed by atoms with E-state index in [4.69, 9.17) is 4.74 Å². The van der Waals surface area contributed by atoms with Gasteiger partial charge >= 0.3 is 0 Å². The van der Waals surface area contributed by atoms with Gasteiger partial charge in [-0.2, -0.15) is 0 Å². The van der Waals surface area contributed by atoms with Gasteiger partial charge in [0.15, 0.2) is 0 Å². The summed E-state index contributed by atoms with van der Waals surface area (Å²) in [4.78, 5) is 14.5. The fourth-order valence-electron chi connectivity index (χ4n) is 2.66. The number of hydrogen-bond donors (Lipinski definition) is 2. The molecular formula is C16H24N2O3. The van der Waals surface area contributed by atoms with E-state index in [1.807, 2.05) is 0 Å². The molecule has 0 aliphatic carbocycles. The molecule has 5 heteroatoms. The molecule has 1 aliphatic rings. The van der Waals surface area contributed by atoms with Gasteiger partial charge in [0.05, 0.1) is 12.7 Å². The van der Waals surface area contributed by atoms with Crippen molar-refractivity contribution in [1.82, 2.24) is 10.2 Å². The number of amides is 1. The lowest BCUT2D eigenvalue weighted by Gasteiger charge is -2.20. The monoisotopic (exact) mass is 292 g/mol. The number of methoxy groups -OCH3 is 1. The van der Waals surface area contributed by atoms with E-state index in [2.05, 4.69) is 24.1 Å². The minimum Gasteiger partial charge on any atom is -0.507 e. The van der Waals surface area contributed by atoms with E-state index in [0.29, 0.717) is 24.3 Å². The standard InChI is InChI=1S/C16H24N2O3/c1-11(2)18-7-6-12(10-18)9-17-16(20)14-5-4-13(21-3)8-15(14)19/h4-5,8,11-12,19H,6-7,9-10H2,1-3H3,(H,17,20). The molecule has 1 aromatic rings. The number of ether oxygens (including phenoxy) is 1. The Kier molecular flexibility index (Phi) is 5.07. The van der Waals surface area contributed by atoms with Crippen molar-refractivity contribution in [2.45, 2.75) is 26.3 Å². The summed E-state index contributed by atoms with van der Waals surface area (Å²) < 4.78 is 5.01. The maximum absolute atomic E-state index is 12.1. The van der Waals surface area contributed by atoms with Gasteiger partial charge in [-0.15, -0.1) is 0 Å². The van der Waals surface area contributed by atoms with Crippen LogP contribution in [0.15, 0.2) is 18.2 Å². The van der Waals surface area contributed by atoms with Crippen molar-refractivity contribution < 1.29 is 14.6 Å². The Hall–Kier alpha value is -1.75. The molecule has 0 bridgehead atoms. The fraction of sp³-hybridized carbons (Fsp3) is 0.562. The first-order valence-corrected chi connectivity index (χ1v) is 7.40. The van der Waals surface area contributed by atoms with E-state index in [1.165, 1.54) is 13.2 Å². The van der Waals surface area contributed by atoms with E-state index in [0.717, 1.165) is 19.5 Å². The van der Waals surface area contributed by atoms with Crippen molar-refractivity contribution in [2.24, 2.45) is 5.92 Å². The highest BCUT2D eigenvalue weighted by molar-refractivity contribution is 5.97. The second-order valence-corrected chi connectivity index (χ2v) is 5.84. The van der Waals surface area contributed by atoms with Crippen LogP contribution in [0.25, 0.3) is 0 Å². The van der Waals surface area contributed by atoms with Gasteiger partial charge in [-0.3, -0.25) is 4.79 Å². The normalized spacial score (nSPS) is 19.0. The summed E-state index contributed by atoms with van der Waals surface area (Å²) in [6, 6.07) is 5.25. The minimum absolute atomic E-state index is 0.0536. The van der Waals surface area contributed by atoms with Crippen molar-refractivity contribution in [3.63, 3.8) is 0 Å². The maximum Gasteiger partial charge on any atom is 0.255 e. The lowest BCUT2D eigenvalue weighted by atomic mass is 10.1. The van der Waals surface area contributed by atoms with Crippen LogP contribution in [0.1, 0.15) is 30.6 Å². The molecule has 1 atom stereocenters. The predicted molar refractivity (Wildman–Crippen MR) is 81.8 cm³/mol. The highest BCUT2D eigenvalue weighted by Crippen LogP contribution is 2.23. The van der Waals surface area contributed by atoms with Crippen molar-refractivity contribution >= 4 is 5.91 Å². The Labute approximate surface area is 125 Å². The van der Waals surface area contributed by atoms with Crippen LogP contribution in [0, 0.1) is 5.92 Å². The van der Waals surface area contributed by atoms with Crippen LogP contribution in [0.2, 0.25) is 0 Å². The molecule has 1 aliphatic heterocycles. The number of carbonyl (C=O) groups excluding carboxylic acids is 1. The number of benzene rings is 1. The number of nitrogens with one attached hydrogen (secondary N) is 1. The van der Waals surface area contributed by atoms with E-state index in [-0.39, 0.29) is 17.2 Å². The maximum atomic E-state index is 12.1. The summed E-state index contributed by atoms with van der Waals surface area (Å²) >= 11 is 0. The molecule has 1 saturated heterocycles. The first-order chi connectivity index (χ1) is 10.0.